The van der Waals surface area contributed by atoms with Crippen LogP contribution in [0.15, 0.2) is 67.4 Å². The van der Waals surface area contributed by atoms with Crippen LogP contribution in [0, 0.1) is 5.41 Å². The van der Waals surface area contributed by atoms with Gasteiger partial charge in [0.25, 0.3) is 0 Å². The Morgan fingerprint density at radius 1 is 1.07 bits per heavy atom. The highest BCUT2D eigenvalue weighted by Crippen LogP contribution is 2.38. The Morgan fingerprint density at radius 3 is 2.74 bits per heavy atom. The average molecular weight is 584 g/mol. The number of amides is 1. The molecule has 0 saturated carbocycles. The molecule has 1 saturated heterocycles. The highest BCUT2D eigenvalue weighted by molar-refractivity contribution is 5.82. The molecule has 1 fully saturated rings. The molecule has 2 aromatic heterocycles. The van der Waals surface area contributed by atoms with Gasteiger partial charge in [0.1, 0.15) is 23.8 Å². The van der Waals surface area contributed by atoms with Gasteiger partial charge < -0.3 is 19.4 Å². The van der Waals surface area contributed by atoms with Gasteiger partial charge in [0, 0.05) is 43.2 Å². The van der Waals surface area contributed by atoms with Gasteiger partial charge in [-0.1, -0.05) is 29.5 Å². The summed E-state index contributed by atoms with van der Waals surface area (Å²) in [7, 11) is 0. The Bertz CT molecular complexity index is 1510. The van der Waals surface area contributed by atoms with Crippen LogP contribution in [0.4, 0.5) is 0 Å². The summed E-state index contributed by atoms with van der Waals surface area (Å²) in [6.45, 7) is 8.90. The molecule has 0 unspecified atom stereocenters. The first-order valence-electron chi connectivity index (χ1n) is 15.3. The summed E-state index contributed by atoms with van der Waals surface area (Å²) in [5.41, 5.74) is 3.74. The van der Waals surface area contributed by atoms with E-state index in [1.807, 2.05) is 47.7 Å². The van der Waals surface area contributed by atoms with E-state index in [9.17, 15) is 4.79 Å². The third kappa shape index (κ3) is 7.07. The number of hydrogen-bond donors (Lipinski definition) is 1. The molecule has 43 heavy (non-hydrogen) atoms. The van der Waals surface area contributed by atoms with Gasteiger partial charge in [-0.15, -0.1) is 5.10 Å². The van der Waals surface area contributed by atoms with Gasteiger partial charge >= 0.3 is 0 Å². The molecule has 1 amide bonds. The van der Waals surface area contributed by atoms with Crippen LogP contribution in [0.25, 0.3) is 0 Å². The molecule has 1 N–H and O–H groups in total. The largest absolute Gasteiger partial charge is 0.491 e. The van der Waals surface area contributed by atoms with E-state index in [2.05, 4.69) is 62.1 Å². The van der Waals surface area contributed by atoms with Crippen molar-refractivity contribution in [3.63, 3.8) is 0 Å². The number of aromatic nitrogens is 5. The maximum atomic E-state index is 13.9. The topological polar surface area (TPSA) is 99.3 Å². The second kappa shape index (κ2) is 13.0. The third-order valence-corrected chi connectivity index (χ3v) is 8.52. The molecular weight excluding hydrogens is 542 g/mol. The molecule has 6 rings (SSSR count). The van der Waals surface area contributed by atoms with Crippen molar-refractivity contribution in [1.29, 1.82) is 0 Å². The summed E-state index contributed by atoms with van der Waals surface area (Å²) in [4.78, 5) is 20.5. The molecule has 4 heterocycles. The van der Waals surface area contributed by atoms with Gasteiger partial charge in [-0.25, -0.2) is 4.98 Å². The van der Waals surface area contributed by atoms with Crippen LogP contribution < -0.4 is 14.8 Å². The highest BCUT2D eigenvalue weighted by atomic mass is 16.5. The van der Waals surface area contributed by atoms with E-state index in [4.69, 9.17) is 9.47 Å². The van der Waals surface area contributed by atoms with Crippen molar-refractivity contribution in [3.8, 4) is 11.5 Å². The lowest BCUT2D eigenvalue weighted by atomic mass is 9.73. The Hall–Kier alpha value is -4.18. The lowest BCUT2D eigenvalue weighted by Crippen LogP contribution is -2.48. The molecular formula is C33H41N7O3. The lowest BCUT2D eigenvalue weighted by Gasteiger charge is -2.41. The number of likely N-dealkylation sites (tertiary alicyclic amines) is 1. The van der Waals surface area contributed by atoms with E-state index in [1.54, 1.807) is 6.20 Å². The van der Waals surface area contributed by atoms with Crippen molar-refractivity contribution in [2.45, 2.75) is 78.4 Å². The molecule has 1 spiro atoms. The maximum Gasteiger partial charge on any atom is 0.226 e. The van der Waals surface area contributed by atoms with Crippen LogP contribution >= 0.6 is 0 Å². The van der Waals surface area contributed by atoms with Crippen molar-refractivity contribution < 1.29 is 14.3 Å². The summed E-state index contributed by atoms with van der Waals surface area (Å²) in [5.74, 6) is 1.81. The zero-order valence-electron chi connectivity index (χ0n) is 25.1. The lowest BCUT2D eigenvalue weighted by molar-refractivity contribution is -0.135. The number of nitrogens with zero attached hydrogens (tertiary/aromatic N) is 6. The predicted molar refractivity (Wildman–Crippen MR) is 162 cm³/mol. The predicted octanol–water partition coefficient (Wildman–Crippen LogP) is 4.58. The van der Waals surface area contributed by atoms with Crippen molar-refractivity contribution in [2.24, 2.45) is 5.41 Å². The van der Waals surface area contributed by atoms with Crippen molar-refractivity contribution >= 4 is 5.91 Å². The number of carbonyl (C=O) groups is 1. The van der Waals surface area contributed by atoms with Crippen molar-refractivity contribution in [1.82, 2.24) is 34.8 Å². The van der Waals surface area contributed by atoms with Gasteiger partial charge in [0.2, 0.25) is 5.91 Å². The van der Waals surface area contributed by atoms with Crippen LogP contribution in [0.5, 0.6) is 11.5 Å². The SMILES string of the molecule is CC(C)Oc1ccc(CN2CCC3(CCCn4cc(nn4)COc4ccccc4CNC3=O)CC2)cc1Cn1ccnc1. The number of rotatable bonds is 6. The van der Waals surface area contributed by atoms with E-state index in [-0.39, 0.29) is 12.0 Å². The van der Waals surface area contributed by atoms with Crippen LogP contribution in [0.2, 0.25) is 0 Å². The van der Waals surface area contributed by atoms with Crippen LogP contribution in [0.3, 0.4) is 0 Å². The van der Waals surface area contributed by atoms with Gasteiger partial charge in [0.05, 0.1) is 30.6 Å². The highest BCUT2D eigenvalue weighted by Gasteiger charge is 2.40. The molecule has 2 aliphatic rings. The fraction of sp³-hybridized carbons (Fsp3) is 0.455. The molecule has 4 aromatic rings. The fourth-order valence-electron chi connectivity index (χ4n) is 6.19. The van der Waals surface area contributed by atoms with E-state index >= 15 is 0 Å². The van der Waals surface area contributed by atoms with Crippen molar-refractivity contribution in [2.75, 3.05) is 13.1 Å². The molecule has 2 aromatic carbocycles. The van der Waals surface area contributed by atoms with E-state index in [0.717, 1.165) is 80.2 Å². The molecule has 0 radical (unpaired) electrons. The Kier molecular flexibility index (Phi) is 8.74. The fourth-order valence-corrected chi connectivity index (χ4v) is 6.19. The van der Waals surface area contributed by atoms with Gasteiger partial charge in [-0.05, 0) is 76.4 Å². The summed E-state index contributed by atoms with van der Waals surface area (Å²) in [6, 6.07) is 14.4. The number of ether oxygens (including phenoxy) is 2. The normalized spacial score (nSPS) is 17.6. The summed E-state index contributed by atoms with van der Waals surface area (Å²) < 4.78 is 16.1. The van der Waals surface area contributed by atoms with Crippen LogP contribution in [-0.2, 0) is 37.6 Å². The number of carbonyl (C=O) groups excluding carboxylic acids is 1. The minimum atomic E-state index is -0.415. The quantitative estimate of drug-likeness (QED) is 0.355. The standard InChI is InChI=1S/C33H41N7O3/c1-25(2)43-31-9-8-26(18-28(31)21-39-17-13-34-24-39)20-38-15-11-33(12-16-38)10-5-14-40-22-29(36-37-40)23-42-30-7-4-3-6-27(30)19-35-32(33)41/h3-4,6-9,13,17-18,22,24-25H,5,10-12,14-16,19-21,23H2,1-2H3,(H,35,41). The smallest absolute Gasteiger partial charge is 0.226 e. The first-order valence-corrected chi connectivity index (χ1v) is 15.3. The number of piperidine rings is 1. The van der Waals surface area contributed by atoms with E-state index < -0.39 is 5.41 Å². The van der Waals surface area contributed by atoms with Crippen LogP contribution in [-0.4, -0.2) is 54.5 Å². The van der Waals surface area contributed by atoms with Crippen LogP contribution in [0.1, 0.15) is 61.9 Å². The summed E-state index contributed by atoms with van der Waals surface area (Å²) in [5, 5.41) is 11.8. The Labute approximate surface area is 253 Å². The maximum absolute atomic E-state index is 13.9. The number of benzene rings is 2. The van der Waals surface area contributed by atoms with Gasteiger partial charge in [0.15, 0.2) is 0 Å². The number of aryl methyl sites for hydroxylation is 1. The summed E-state index contributed by atoms with van der Waals surface area (Å²) >= 11 is 0. The van der Waals surface area contributed by atoms with Gasteiger partial charge in [-0.3, -0.25) is 14.4 Å². The number of fused-ring (bicyclic) bond motifs is 3. The minimum Gasteiger partial charge on any atom is -0.491 e. The minimum absolute atomic E-state index is 0.101. The third-order valence-electron chi connectivity index (χ3n) is 8.52. The molecule has 0 aliphatic carbocycles. The van der Waals surface area contributed by atoms with E-state index in [1.165, 1.54) is 5.56 Å². The Balaban J connectivity index is 1.15. The molecule has 2 aliphatic heterocycles. The zero-order chi connectivity index (χ0) is 29.6. The first-order chi connectivity index (χ1) is 21.0. The summed E-state index contributed by atoms with van der Waals surface area (Å²) in [6.07, 6.45) is 11.0. The van der Waals surface area contributed by atoms with Crippen molar-refractivity contribution in [3.05, 3.63) is 89.8 Å². The monoisotopic (exact) mass is 583 g/mol. The number of para-hydroxylation sites is 1. The second-order valence-electron chi connectivity index (χ2n) is 12.1. The molecule has 2 bridgehead atoms. The molecule has 10 heteroatoms. The zero-order valence-corrected chi connectivity index (χ0v) is 25.1. The number of hydrogen-bond acceptors (Lipinski definition) is 7. The average Bonchev–Trinajstić information content (AvgIpc) is 3.69. The molecule has 10 nitrogen and oxygen atoms in total. The van der Waals surface area contributed by atoms with Gasteiger partial charge in [-0.2, -0.15) is 0 Å². The Morgan fingerprint density at radius 2 is 1.93 bits per heavy atom. The van der Waals surface area contributed by atoms with E-state index in [0.29, 0.717) is 19.7 Å². The second-order valence-corrected chi connectivity index (χ2v) is 12.1. The number of nitrogens with one attached hydrogen (secondary N) is 1. The molecule has 226 valence electrons. The first kappa shape index (κ1) is 28.9. The molecule has 0 atom stereocenters. The number of imidazole rings is 1.